The number of nitrogens with zero attached hydrogens (tertiary/aromatic N) is 2. The van der Waals surface area contributed by atoms with Crippen LogP contribution in [0.25, 0.3) is 0 Å². The zero-order valence-corrected chi connectivity index (χ0v) is 24.5. The highest BCUT2D eigenvalue weighted by Gasteiger charge is 2.57. The number of hydrogen-bond donors (Lipinski definition) is 0. The van der Waals surface area contributed by atoms with Crippen molar-refractivity contribution in [2.75, 3.05) is 13.2 Å². The van der Waals surface area contributed by atoms with E-state index in [1.54, 1.807) is 0 Å². The van der Waals surface area contributed by atoms with E-state index in [1.807, 2.05) is 0 Å². The van der Waals surface area contributed by atoms with Gasteiger partial charge in [0.1, 0.15) is 12.2 Å². The summed E-state index contributed by atoms with van der Waals surface area (Å²) in [7, 11) is 0. The Balaban J connectivity index is 1.83. The maximum atomic E-state index is 14.9. The van der Waals surface area contributed by atoms with Crippen LogP contribution in [0.15, 0.2) is 70.2 Å². The van der Waals surface area contributed by atoms with Gasteiger partial charge < -0.3 is 14.2 Å². The van der Waals surface area contributed by atoms with Gasteiger partial charge >= 0.3 is 11.1 Å². The lowest BCUT2D eigenvalue weighted by Gasteiger charge is -2.34. The Kier molecular flexibility index (Phi) is 9.56. The van der Waals surface area contributed by atoms with E-state index >= 15 is 0 Å². The minimum absolute atomic E-state index is 0.267. The summed E-state index contributed by atoms with van der Waals surface area (Å²) in [5, 5.41) is 23.7. The predicted octanol–water partition coefficient (Wildman–Crippen LogP) is 7.03. The summed E-state index contributed by atoms with van der Waals surface area (Å²) in [6.45, 7) is 2.28. The molecule has 0 aliphatic heterocycles. The molecule has 45 heavy (non-hydrogen) atoms. The number of benzene rings is 2. The van der Waals surface area contributed by atoms with E-state index in [2.05, 4.69) is 0 Å². The number of hydrogen-bond acceptors (Lipinski definition) is 7. The summed E-state index contributed by atoms with van der Waals surface area (Å²) in [6, 6.07) is 2.27. The van der Waals surface area contributed by atoms with Gasteiger partial charge in [-0.3, -0.25) is 20.2 Å². The highest BCUT2D eigenvalue weighted by atomic mass is 35.5. The standard InChI is InChI=1S/C28H20Cl2F6N2O7/c1-3-43-25-19(29)17(9-11-27(25,37(39)40)13-5-7-15(31)23(35)21(13)33)45-18-10-12-28(38(41)42,26(20(18)30)44-4-2)14-6-8-16(32)24(36)22(14)34/h5-12,17-18H,3-4H2,1-2H3. The lowest BCUT2D eigenvalue weighted by Crippen LogP contribution is -2.44. The number of halogens is 8. The molecule has 9 nitrogen and oxygen atoms in total. The lowest BCUT2D eigenvalue weighted by molar-refractivity contribution is -0.558. The summed E-state index contributed by atoms with van der Waals surface area (Å²) in [5.74, 6) is -12.4. The molecule has 2 aromatic rings. The molecule has 0 spiro atoms. The first kappa shape index (κ1) is 33.8. The fourth-order valence-electron chi connectivity index (χ4n) is 4.96. The summed E-state index contributed by atoms with van der Waals surface area (Å²) in [4.78, 5) is 22.8. The van der Waals surface area contributed by atoms with Crippen molar-refractivity contribution >= 4 is 23.2 Å². The van der Waals surface area contributed by atoms with Crippen LogP contribution in [0.4, 0.5) is 26.3 Å². The van der Waals surface area contributed by atoms with Crippen LogP contribution >= 0.6 is 23.2 Å². The van der Waals surface area contributed by atoms with Gasteiger partial charge in [0.05, 0.1) is 34.4 Å². The van der Waals surface area contributed by atoms with Crippen molar-refractivity contribution in [1.82, 2.24) is 0 Å². The molecular formula is C28H20Cl2F6N2O7. The topological polar surface area (TPSA) is 114 Å². The first-order valence-corrected chi connectivity index (χ1v) is 13.6. The first-order chi connectivity index (χ1) is 21.2. The van der Waals surface area contributed by atoms with Crippen molar-refractivity contribution in [3.05, 3.63) is 136 Å². The van der Waals surface area contributed by atoms with E-state index in [0.29, 0.717) is 24.3 Å². The van der Waals surface area contributed by atoms with Crippen LogP contribution in [0, 0.1) is 55.1 Å². The van der Waals surface area contributed by atoms with Crippen LogP contribution in [0.5, 0.6) is 0 Å². The minimum atomic E-state index is -2.78. The van der Waals surface area contributed by atoms with E-state index in [1.165, 1.54) is 13.8 Å². The molecule has 240 valence electrons. The summed E-state index contributed by atoms with van der Waals surface area (Å²) >= 11 is 13.0. The van der Waals surface area contributed by atoms with Gasteiger partial charge in [0, 0.05) is 22.0 Å². The van der Waals surface area contributed by atoms with Crippen LogP contribution in [0.3, 0.4) is 0 Å². The molecule has 2 aliphatic carbocycles. The van der Waals surface area contributed by atoms with Crippen molar-refractivity contribution in [1.29, 1.82) is 0 Å². The van der Waals surface area contributed by atoms with Crippen LogP contribution in [-0.2, 0) is 25.3 Å². The van der Waals surface area contributed by atoms with E-state index in [0.717, 1.165) is 24.3 Å². The van der Waals surface area contributed by atoms with Crippen LogP contribution in [0.2, 0.25) is 0 Å². The summed E-state index contributed by atoms with van der Waals surface area (Å²) < 4.78 is 102. The SMILES string of the molecule is CCOC1=C(Cl)C(OC2C=CC(c3ccc(F)c(F)c3F)([N+](=O)[O-])C(OCC)=C2Cl)C=CC1(c1ccc(F)c(F)c1F)[N+](=O)[O-]. The Morgan fingerprint density at radius 2 is 1.04 bits per heavy atom. The Morgan fingerprint density at radius 1 is 0.689 bits per heavy atom. The smallest absolute Gasteiger partial charge is 0.325 e. The molecule has 0 amide bonds. The molecule has 4 unspecified atom stereocenters. The van der Waals surface area contributed by atoms with Gasteiger partial charge in [-0.25, -0.2) is 26.3 Å². The molecule has 0 fully saturated rings. The maximum absolute atomic E-state index is 14.9. The third-order valence-electron chi connectivity index (χ3n) is 6.99. The molecule has 4 rings (SSSR count). The number of ether oxygens (including phenoxy) is 3. The van der Waals surface area contributed by atoms with Crippen molar-refractivity contribution in [3.63, 3.8) is 0 Å². The third kappa shape index (κ3) is 5.32. The van der Waals surface area contributed by atoms with Crippen molar-refractivity contribution in [3.8, 4) is 0 Å². The average molecular weight is 681 g/mol. The number of rotatable bonds is 10. The molecular weight excluding hydrogens is 661 g/mol. The lowest BCUT2D eigenvalue weighted by atomic mass is 9.82. The fourth-order valence-corrected chi connectivity index (χ4v) is 5.61. The quantitative estimate of drug-likeness (QED) is 0.0870. The predicted molar refractivity (Wildman–Crippen MR) is 146 cm³/mol. The second kappa shape index (κ2) is 12.7. The normalized spacial score (nSPS) is 24.7. The summed E-state index contributed by atoms with van der Waals surface area (Å²) in [5.41, 5.74) is -7.45. The van der Waals surface area contributed by atoms with E-state index in [9.17, 15) is 46.6 Å². The molecule has 0 saturated carbocycles. The van der Waals surface area contributed by atoms with Crippen LogP contribution in [0.1, 0.15) is 25.0 Å². The molecule has 0 saturated heterocycles. The fraction of sp³-hybridized carbons (Fsp3) is 0.286. The second-order valence-corrected chi connectivity index (χ2v) is 10.2. The van der Waals surface area contributed by atoms with E-state index in [-0.39, 0.29) is 13.2 Å². The Hall–Kier alpha value is -4.08. The maximum Gasteiger partial charge on any atom is 0.325 e. The number of nitro groups is 2. The van der Waals surface area contributed by atoms with Crippen LogP contribution < -0.4 is 0 Å². The second-order valence-electron chi connectivity index (χ2n) is 9.41. The van der Waals surface area contributed by atoms with Gasteiger partial charge in [-0.15, -0.1) is 0 Å². The molecule has 2 aliphatic rings. The molecule has 0 radical (unpaired) electrons. The zero-order valence-electron chi connectivity index (χ0n) is 23.0. The minimum Gasteiger partial charge on any atom is -0.489 e. The van der Waals surface area contributed by atoms with Gasteiger partial charge in [0.15, 0.2) is 46.4 Å². The Bertz CT molecular complexity index is 1580. The summed E-state index contributed by atoms with van der Waals surface area (Å²) in [6.07, 6.45) is 0.521. The highest BCUT2D eigenvalue weighted by molar-refractivity contribution is 6.31. The van der Waals surface area contributed by atoms with E-state index < -0.39 is 101 Å². The van der Waals surface area contributed by atoms with Gasteiger partial charge in [-0.05, 0) is 50.3 Å². The molecule has 17 heteroatoms. The molecule has 0 N–H and O–H groups in total. The molecule has 2 aromatic carbocycles. The average Bonchev–Trinajstić information content (AvgIpc) is 2.99. The zero-order chi connectivity index (χ0) is 33.4. The molecule has 4 atom stereocenters. The first-order valence-electron chi connectivity index (χ1n) is 12.9. The van der Waals surface area contributed by atoms with E-state index in [4.69, 9.17) is 37.4 Å². The highest BCUT2D eigenvalue weighted by Crippen LogP contribution is 2.47. The van der Waals surface area contributed by atoms with Crippen molar-refractivity contribution < 1.29 is 50.4 Å². The van der Waals surface area contributed by atoms with Gasteiger partial charge in [0.25, 0.3) is 0 Å². The molecule has 0 bridgehead atoms. The Morgan fingerprint density at radius 3 is 1.36 bits per heavy atom. The van der Waals surface area contributed by atoms with Gasteiger partial charge in [-0.1, -0.05) is 23.2 Å². The van der Waals surface area contributed by atoms with Gasteiger partial charge in [0.2, 0.25) is 0 Å². The Labute approximate surface area is 260 Å². The largest absolute Gasteiger partial charge is 0.489 e. The van der Waals surface area contributed by atoms with Crippen molar-refractivity contribution in [2.45, 2.75) is 37.1 Å². The third-order valence-corrected chi connectivity index (χ3v) is 7.76. The van der Waals surface area contributed by atoms with Crippen molar-refractivity contribution in [2.24, 2.45) is 0 Å². The molecule has 0 heterocycles. The van der Waals surface area contributed by atoms with Gasteiger partial charge in [-0.2, -0.15) is 0 Å². The van der Waals surface area contributed by atoms with Crippen LogP contribution in [-0.4, -0.2) is 35.3 Å². The molecule has 0 aromatic heterocycles. The monoisotopic (exact) mass is 680 g/mol.